The molecule has 10 nitrogen and oxygen atoms in total. The Morgan fingerprint density at radius 1 is 0.860 bits per heavy atom. The van der Waals surface area contributed by atoms with E-state index in [2.05, 4.69) is 30.0 Å². The minimum Gasteiger partial charge on any atom is -0.466 e. The molecule has 3 N–H and O–H groups in total. The molecule has 3 aromatic heterocycles. The molecule has 0 aliphatic rings. The average Bonchev–Trinajstić information content (AvgIpc) is 3.08. The molecule has 16 heteroatoms. The smallest absolute Gasteiger partial charge is 0.311 e. The van der Waals surface area contributed by atoms with E-state index in [1.807, 2.05) is 0 Å². The third-order valence-electron chi connectivity index (χ3n) is 6.47. The highest BCUT2D eigenvalue weighted by Crippen LogP contribution is 2.32. The number of nitrogens with two attached hydrogens (primary N) is 1. The van der Waals surface area contributed by atoms with Crippen molar-refractivity contribution in [2.45, 2.75) is 27.2 Å². The highest BCUT2D eigenvalue weighted by atomic mass is 35.5. The topological polar surface area (TPSA) is 153 Å². The van der Waals surface area contributed by atoms with E-state index in [9.17, 15) is 23.2 Å². The van der Waals surface area contributed by atoms with Gasteiger partial charge in [-0.15, -0.1) is 0 Å². The third kappa shape index (κ3) is 11.1. The highest BCUT2D eigenvalue weighted by molar-refractivity contribution is 6.45. The van der Waals surface area contributed by atoms with Crippen molar-refractivity contribution in [1.82, 2.24) is 20.2 Å². The van der Waals surface area contributed by atoms with Crippen LogP contribution in [0.4, 0.5) is 8.78 Å². The molecule has 2 aromatic carbocycles. The number of hydrogen-bond donors (Lipinski definition) is 2. The molecule has 0 saturated heterocycles. The number of nitrogens with zero attached hydrogens (tertiary/aromatic N) is 4. The molecule has 0 radical (unpaired) electrons. The number of carbonyl (C=O) groups is 2. The second kappa shape index (κ2) is 18.9. The number of nitrogens with one attached hydrogen (secondary N) is 1. The molecule has 5 rings (SSSR count). The van der Waals surface area contributed by atoms with Gasteiger partial charge in [0.1, 0.15) is 17.2 Å². The van der Waals surface area contributed by atoms with Gasteiger partial charge in [0.15, 0.2) is 5.82 Å². The van der Waals surface area contributed by atoms with Crippen LogP contribution in [0.5, 0.6) is 0 Å². The van der Waals surface area contributed by atoms with Crippen LogP contribution in [-0.4, -0.2) is 44.2 Å². The van der Waals surface area contributed by atoms with Crippen LogP contribution in [0, 0.1) is 18.6 Å². The average molecular weight is 764 g/mol. The van der Waals surface area contributed by atoms with Gasteiger partial charge < -0.3 is 10.6 Å². The fourth-order valence-corrected chi connectivity index (χ4v) is 4.67. The molecule has 5 aromatic rings. The Morgan fingerprint density at radius 2 is 1.42 bits per heavy atom. The number of aromatic amines is 1. The molecule has 3 heterocycles. The van der Waals surface area contributed by atoms with Crippen molar-refractivity contribution in [3.8, 4) is 22.4 Å². The summed E-state index contributed by atoms with van der Waals surface area (Å²) >= 11 is 22.8. The molecule has 0 bridgehead atoms. The maximum Gasteiger partial charge on any atom is 0.311 e. The molecule has 0 aliphatic carbocycles. The van der Waals surface area contributed by atoms with Gasteiger partial charge in [0.05, 0.1) is 40.0 Å². The minimum absolute atomic E-state index is 0.0489. The number of pyridine rings is 2. The number of halogens is 6. The largest absolute Gasteiger partial charge is 0.466 e. The Hall–Kier alpha value is -4.75. The van der Waals surface area contributed by atoms with Gasteiger partial charge >= 0.3 is 5.97 Å². The number of hydrogen-bond acceptors (Lipinski definition) is 9. The van der Waals surface area contributed by atoms with Crippen LogP contribution in [0.15, 0.2) is 83.0 Å². The summed E-state index contributed by atoms with van der Waals surface area (Å²) in [4.78, 5) is 42.4. The van der Waals surface area contributed by atoms with Crippen molar-refractivity contribution in [2.75, 3.05) is 6.61 Å². The number of aryl methyl sites for hydroxylation is 1. The molecule has 0 unspecified atom stereocenters. The normalized spacial score (nSPS) is 10.7. The van der Waals surface area contributed by atoms with Crippen molar-refractivity contribution in [2.24, 2.45) is 10.9 Å². The molecule has 0 aliphatic heterocycles. The van der Waals surface area contributed by atoms with Gasteiger partial charge in [-0.3, -0.25) is 24.4 Å². The molecule has 0 spiro atoms. The summed E-state index contributed by atoms with van der Waals surface area (Å²) in [6, 6.07) is 15.7. The lowest BCUT2D eigenvalue weighted by Crippen LogP contribution is -2.15. The number of esters is 1. The zero-order chi connectivity index (χ0) is 37.0. The maximum absolute atomic E-state index is 14.3. The number of Topliss-reactive ketones (excluding diaryl/α,β-unsaturated/α-hetero) is 1. The van der Waals surface area contributed by atoms with Gasteiger partial charge in [0, 0.05) is 33.6 Å². The van der Waals surface area contributed by atoms with E-state index in [0.29, 0.717) is 32.4 Å². The SMILES string of the molecule is C/C(=N/N)C(=O)c1ccc(Cl)cc1.CCOC(=O)Cc1ncc(Cl)cc1F.Cc1n[nH]c(=O)c(-c2ncc(Cl)cc2F)c1-c1ccc(Cl)cc1. The van der Waals surface area contributed by atoms with Crippen molar-refractivity contribution >= 4 is 63.9 Å². The molecule has 50 heavy (non-hydrogen) atoms. The predicted molar refractivity (Wildman–Crippen MR) is 191 cm³/mol. The third-order valence-corrected chi connectivity index (χ3v) is 7.39. The Bertz CT molecular complexity index is 2060. The van der Waals surface area contributed by atoms with Gasteiger partial charge in [0.25, 0.3) is 5.56 Å². The second-order valence-electron chi connectivity index (χ2n) is 9.99. The summed E-state index contributed by atoms with van der Waals surface area (Å²) < 4.78 is 32.0. The van der Waals surface area contributed by atoms with Crippen LogP contribution in [-0.2, 0) is 16.0 Å². The van der Waals surface area contributed by atoms with Crippen molar-refractivity contribution in [3.05, 3.63) is 132 Å². The number of aromatic nitrogens is 4. The lowest BCUT2D eigenvalue weighted by atomic mass is 9.97. The summed E-state index contributed by atoms with van der Waals surface area (Å²) in [5.41, 5.74) is 2.09. The van der Waals surface area contributed by atoms with E-state index in [0.717, 1.165) is 12.1 Å². The van der Waals surface area contributed by atoms with E-state index in [1.54, 1.807) is 69.3 Å². The number of ether oxygens (including phenoxy) is 1. The number of H-pyrrole nitrogens is 1. The second-order valence-corrected chi connectivity index (χ2v) is 11.7. The van der Waals surface area contributed by atoms with Crippen LogP contribution in [0.2, 0.25) is 20.1 Å². The van der Waals surface area contributed by atoms with E-state index >= 15 is 0 Å². The van der Waals surface area contributed by atoms with Crippen LogP contribution >= 0.6 is 46.4 Å². The molecular weight excluding hydrogens is 736 g/mol. The number of carbonyl (C=O) groups excluding carboxylic acids is 2. The Morgan fingerprint density at radius 3 is 1.96 bits per heavy atom. The first-order chi connectivity index (χ1) is 23.7. The zero-order valence-electron chi connectivity index (χ0n) is 26.6. The molecule has 260 valence electrons. The molecule has 0 saturated carbocycles. The lowest BCUT2D eigenvalue weighted by molar-refractivity contribution is -0.142. The molecular formula is C34H28Cl4F2N6O4. The van der Waals surface area contributed by atoms with Crippen molar-refractivity contribution in [3.63, 3.8) is 0 Å². The van der Waals surface area contributed by atoms with Crippen LogP contribution in [0.25, 0.3) is 22.4 Å². The standard InChI is InChI=1S/C16H10Cl2FN3O.C9H9ClFNO2.C9H9ClN2O/c1-8-13(9-2-4-10(17)5-3-9)14(16(23)22-21-8)15-12(19)6-11(18)7-20-15;1-2-14-9(13)4-8-7(11)3-6(10)5-12-8;1-6(12-11)9(13)7-2-4-8(10)5-3-7/h2-7H,1H3,(H,22,23);3,5H,2,4H2,1H3;2-5H,11H2,1H3/b;;12-6-. The first-order valence-corrected chi connectivity index (χ1v) is 15.9. The molecule has 0 atom stereocenters. The summed E-state index contributed by atoms with van der Waals surface area (Å²) in [5, 5.41) is 11.2. The first kappa shape index (κ1) is 39.7. The van der Waals surface area contributed by atoms with Crippen LogP contribution in [0.1, 0.15) is 35.6 Å². The van der Waals surface area contributed by atoms with Gasteiger partial charge in [-0.2, -0.15) is 10.2 Å². The van der Waals surface area contributed by atoms with Crippen molar-refractivity contribution < 1.29 is 23.1 Å². The van der Waals surface area contributed by atoms with Gasteiger partial charge in [-0.05, 0) is 74.9 Å². The summed E-state index contributed by atoms with van der Waals surface area (Å²) in [7, 11) is 0. The number of ketones is 1. The number of benzene rings is 2. The minimum atomic E-state index is -0.677. The lowest BCUT2D eigenvalue weighted by Gasteiger charge is -2.11. The maximum atomic E-state index is 14.3. The number of hydrazone groups is 1. The van der Waals surface area contributed by atoms with Gasteiger partial charge in [-0.25, -0.2) is 13.9 Å². The predicted octanol–water partition coefficient (Wildman–Crippen LogP) is 8.09. The monoisotopic (exact) mass is 762 g/mol. The summed E-state index contributed by atoms with van der Waals surface area (Å²) in [5.74, 6) is 3.03. The number of rotatable bonds is 7. The quantitative estimate of drug-likeness (QED) is 0.0555. The van der Waals surface area contributed by atoms with E-state index in [1.165, 1.54) is 12.4 Å². The zero-order valence-corrected chi connectivity index (χ0v) is 29.6. The van der Waals surface area contributed by atoms with Gasteiger partial charge in [0.2, 0.25) is 5.78 Å². The fourth-order valence-electron chi connectivity index (χ4n) is 4.13. The van der Waals surface area contributed by atoms with Gasteiger partial charge in [-0.1, -0.05) is 58.5 Å². The Labute approximate surface area is 305 Å². The van der Waals surface area contributed by atoms with E-state index in [-0.39, 0.29) is 51.5 Å². The van der Waals surface area contributed by atoms with E-state index < -0.39 is 23.2 Å². The Kier molecular flexibility index (Phi) is 15.0. The Balaban J connectivity index is 0.000000217. The first-order valence-electron chi connectivity index (χ1n) is 14.4. The summed E-state index contributed by atoms with van der Waals surface area (Å²) in [6.45, 7) is 5.24. The molecule has 0 fully saturated rings. The highest BCUT2D eigenvalue weighted by Gasteiger charge is 2.20. The van der Waals surface area contributed by atoms with E-state index in [4.69, 9.17) is 52.2 Å². The van der Waals surface area contributed by atoms with Crippen LogP contribution in [0.3, 0.4) is 0 Å². The van der Waals surface area contributed by atoms with Crippen molar-refractivity contribution in [1.29, 1.82) is 0 Å². The summed E-state index contributed by atoms with van der Waals surface area (Å²) in [6.07, 6.45) is 2.41. The molecule has 0 amide bonds. The fraction of sp³-hybridized carbons (Fsp3) is 0.147. The van der Waals surface area contributed by atoms with Crippen LogP contribution < -0.4 is 11.4 Å².